The molecule has 1 atom stereocenters. The van der Waals surface area contributed by atoms with Gasteiger partial charge < -0.3 is 10.3 Å². The van der Waals surface area contributed by atoms with Crippen LogP contribution in [0.25, 0.3) is 16.9 Å². The SMILES string of the molecule is Cc1cc2ncc(-c3ccc[nH]c3=O)n2nc1NC(C)c1ncc(F)cn1. The normalized spacial score (nSPS) is 12.3. The van der Waals surface area contributed by atoms with Crippen molar-refractivity contribution in [3.05, 3.63) is 70.5 Å². The Morgan fingerprint density at radius 1 is 1.22 bits per heavy atom. The highest BCUT2D eigenvalue weighted by molar-refractivity contribution is 5.63. The minimum atomic E-state index is -0.488. The highest BCUT2D eigenvalue weighted by Crippen LogP contribution is 2.22. The summed E-state index contributed by atoms with van der Waals surface area (Å²) in [6, 6.07) is 5.04. The van der Waals surface area contributed by atoms with Crippen molar-refractivity contribution in [3.63, 3.8) is 0 Å². The fourth-order valence-electron chi connectivity index (χ4n) is 2.77. The summed E-state index contributed by atoms with van der Waals surface area (Å²) < 4.78 is 14.6. The molecule has 1 unspecified atom stereocenters. The van der Waals surface area contributed by atoms with Crippen LogP contribution in [0, 0.1) is 12.7 Å². The molecular formula is C18H16FN7O. The summed E-state index contributed by atoms with van der Waals surface area (Å²) in [5.41, 5.74) is 2.34. The van der Waals surface area contributed by atoms with E-state index in [1.807, 2.05) is 19.9 Å². The summed E-state index contributed by atoms with van der Waals surface area (Å²) in [5.74, 6) is 0.551. The van der Waals surface area contributed by atoms with Gasteiger partial charge in [0.2, 0.25) is 0 Å². The fourth-order valence-corrected chi connectivity index (χ4v) is 2.77. The maximum Gasteiger partial charge on any atom is 0.257 e. The molecule has 0 saturated heterocycles. The maximum atomic E-state index is 13.0. The van der Waals surface area contributed by atoms with Crippen LogP contribution in [-0.4, -0.2) is 29.5 Å². The number of hydrogen-bond acceptors (Lipinski definition) is 6. The average Bonchev–Trinajstić information content (AvgIpc) is 3.05. The number of H-pyrrole nitrogens is 1. The van der Waals surface area contributed by atoms with Crippen LogP contribution in [0.5, 0.6) is 0 Å². The topological polar surface area (TPSA) is 101 Å². The standard InChI is InChI=1S/C18H16FN7O/c1-10-6-15-21-9-14(13-4-3-5-20-18(13)27)26(15)25-16(10)24-11(2)17-22-7-12(19)8-23-17/h3-9,11H,1-2H3,(H,20,27)(H,24,25). The first kappa shape index (κ1) is 16.8. The van der Waals surface area contributed by atoms with Crippen molar-refractivity contribution >= 4 is 11.5 Å². The highest BCUT2D eigenvalue weighted by atomic mass is 19.1. The number of nitrogens with zero attached hydrogens (tertiary/aromatic N) is 5. The lowest BCUT2D eigenvalue weighted by Crippen LogP contribution is -2.14. The number of pyridine rings is 1. The Morgan fingerprint density at radius 2 is 2.00 bits per heavy atom. The second-order valence-corrected chi connectivity index (χ2v) is 6.13. The molecule has 4 aromatic heterocycles. The van der Waals surface area contributed by atoms with Gasteiger partial charge in [-0.15, -0.1) is 5.10 Å². The van der Waals surface area contributed by atoms with E-state index >= 15 is 0 Å². The van der Waals surface area contributed by atoms with E-state index in [1.54, 1.807) is 29.0 Å². The van der Waals surface area contributed by atoms with Crippen LogP contribution in [0.15, 0.2) is 47.8 Å². The predicted molar refractivity (Wildman–Crippen MR) is 97.8 cm³/mol. The van der Waals surface area contributed by atoms with E-state index in [-0.39, 0.29) is 11.6 Å². The summed E-state index contributed by atoms with van der Waals surface area (Å²) in [4.78, 5) is 27.1. The van der Waals surface area contributed by atoms with Crippen molar-refractivity contribution in [2.75, 3.05) is 5.32 Å². The van der Waals surface area contributed by atoms with Gasteiger partial charge in [-0.2, -0.15) is 0 Å². The fraction of sp³-hybridized carbons (Fsp3) is 0.167. The third-order valence-corrected chi connectivity index (χ3v) is 4.16. The minimum Gasteiger partial charge on any atom is -0.359 e. The largest absolute Gasteiger partial charge is 0.359 e. The number of nitrogens with one attached hydrogen (secondary N) is 2. The van der Waals surface area contributed by atoms with E-state index < -0.39 is 5.82 Å². The van der Waals surface area contributed by atoms with Gasteiger partial charge in [-0.25, -0.2) is 23.9 Å². The van der Waals surface area contributed by atoms with Crippen LogP contribution in [0.3, 0.4) is 0 Å². The van der Waals surface area contributed by atoms with Gasteiger partial charge >= 0.3 is 0 Å². The summed E-state index contributed by atoms with van der Waals surface area (Å²) in [6.07, 6.45) is 5.44. The first-order chi connectivity index (χ1) is 13.0. The molecule has 8 nitrogen and oxygen atoms in total. The van der Waals surface area contributed by atoms with Crippen molar-refractivity contribution in [1.82, 2.24) is 29.5 Å². The molecule has 0 radical (unpaired) electrons. The van der Waals surface area contributed by atoms with E-state index in [0.717, 1.165) is 18.0 Å². The van der Waals surface area contributed by atoms with Crippen molar-refractivity contribution in [2.45, 2.75) is 19.9 Å². The number of aromatic nitrogens is 6. The van der Waals surface area contributed by atoms with Crippen molar-refractivity contribution in [2.24, 2.45) is 0 Å². The van der Waals surface area contributed by atoms with Crippen LogP contribution in [0.4, 0.5) is 10.2 Å². The number of aromatic amines is 1. The molecule has 0 aromatic carbocycles. The molecule has 0 spiro atoms. The molecule has 0 fully saturated rings. The van der Waals surface area contributed by atoms with Crippen LogP contribution < -0.4 is 10.9 Å². The van der Waals surface area contributed by atoms with Crippen molar-refractivity contribution in [1.29, 1.82) is 0 Å². The summed E-state index contributed by atoms with van der Waals surface area (Å²) in [5, 5.41) is 7.82. The molecule has 4 rings (SSSR count). The highest BCUT2D eigenvalue weighted by Gasteiger charge is 2.15. The first-order valence-corrected chi connectivity index (χ1v) is 8.30. The zero-order valence-electron chi connectivity index (χ0n) is 14.6. The Bertz CT molecular complexity index is 1170. The summed E-state index contributed by atoms with van der Waals surface area (Å²) in [7, 11) is 0. The van der Waals surface area contributed by atoms with E-state index in [9.17, 15) is 9.18 Å². The van der Waals surface area contributed by atoms with Gasteiger partial charge in [0, 0.05) is 6.20 Å². The Balaban J connectivity index is 1.74. The molecule has 0 amide bonds. The number of imidazole rings is 1. The maximum absolute atomic E-state index is 13.0. The van der Waals surface area contributed by atoms with E-state index in [4.69, 9.17) is 0 Å². The average molecular weight is 365 g/mol. The molecule has 0 aliphatic heterocycles. The molecule has 9 heteroatoms. The van der Waals surface area contributed by atoms with Crippen LogP contribution in [0.2, 0.25) is 0 Å². The van der Waals surface area contributed by atoms with Gasteiger partial charge in [-0.05, 0) is 37.6 Å². The molecule has 0 bridgehead atoms. The summed E-state index contributed by atoms with van der Waals surface area (Å²) in [6.45, 7) is 3.76. The number of fused-ring (bicyclic) bond motifs is 1. The third kappa shape index (κ3) is 3.14. The number of rotatable bonds is 4. The zero-order valence-corrected chi connectivity index (χ0v) is 14.6. The lowest BCUT2D eigenvalue weighted by molar-refractivity contribution is 0.604. The van der Waals surface area contributed by atoms with Gasteiger partial charge in [-0.3, -0.25) is 4.79 Å². The quantitative estimate of drug-likeness (QED) is 0.576. The molecule has 4 aromatic rings. The Morgan fingerprint density at radius 3 is 2.74 bits per heavy atom. The van der Waals surface area contributed by atoms with Crippen molar-refractivity contribution in [3.8, 4) is 11.3 Å². The van der Waals surface area contributed by atoms with Crippen LogP contribution >= 0.6 is 0 Å². The van der Waals surface area contributed by atoms with E-state index in [0.29, 0.717) is 28.5 Å². The van der Waals surface area contributed by atoms with Crippen LogP contribution in [0.1, 0.15) is 24.4 Å². The molecule has 4 heterocycles. The molecule has 0 aliphatic carbocycles. The Kier molecular flexibility index (Phi) is 4.11. The number of anilines is 1. The lowest BCUT2D eigenvalue weighted by atomic mass is 10.2. The first-order valence-electron chi connectivity index (χ1n) is 8.30. The van der Waals surface area contributed by atoms with Gasteiger partial charge in [0.05, 0.1) is 35.9 Å². The molecule has 27 heavy (non-hydrogen) atoms. The number of halogens is 1. The zero-order chi connectivity index (χ0) is 19.0. The second kappa shape index (κ2) is 6.60. The monoisotopic (exact) mass is 365 g/mol. The van der Waals surface area contributed by atoms with Gasteiger partial charge in [-0.1, -0.05) is 0 Å². The lowest BCUT2D eigenvalue weighted by Gasteiger charge is -2.15. The third-order valence-electron chi connectivity index (χ3n) is 4.16. The molecule has 0 aliphatic rings. The van der Waals surface area contributed by atoms with Gasteiger partial charge in [0.25, 0.3) is 5.56 Å². The predicted octanol–water partition coefficient (Wildman–Crippen LogP) is 2.50. The number of aryl methyl sites for hydroxylation is 1. The summed E-state index contributed by atoms with van der Waals surface area (Å²) >= 11 is 0. The molecule has 2 N–H and O–H groups in total. The second-order valence-electron chi connectivity index (χ2n) is 6.13. The molecule has 136 valence electrons. The number of hydrogen-bond donors (Lipinski definition) is 2. The minimum absolute atomic E-state index is 0.218. The van der Waals surface area contributed by atoms with E-state index in [2.05, 4.69) is 30.4 Å². The smallest absolute Gasteiger partial charge is 0.257 e. The molecule has 0 saturated carbocycles. The van der Waals surface area contributed by atoms with Crippen LogP contribution in [-0.2, 0) is 0 Å². The molecular weight excluding hydrogens is 349 g/mol. The Labute approximate surface area is 153 Å². The van der Waals surface area contributed by atoms with E-state index in [1.165, 1.54) is 0 Å². The van der Waals surface area contributed by atoms with Crippen molar-refractivity contribution < 1.29 is 4.39 Å². The Hall–Kier alpha value is -3.62. The van der Waals surface area contributed by atoms with Gasteiger partial charge in [0.15, 0.2) is 17.3 Å². The van der Waals surface area contributed by atoms with Gasteiger partial charge in [0.1, 0.15) is 5.82 Å².